The van der Waals surface area contributed by atoms with E-state index in [-0.39, 0.29) is 42.7 Å². The second kappa shape index (κ2) is 17.4. The van der Waals surface area contributed by atoms with E-state index in [4.69, 9.17) is 30.7 Å². The van der Waals surface area contributed by atoms with E-state index in [1.807, 2.05) is 26.0 Å². The topological polar surface area (TPSA) is 243 Å². The van der Waals surface area contributed by atoms with Crippen LogP contribution in [0.3, 0.4) is 0 Å². The third-order valence-electron chi connectivity index (χ3n) is 9.21. The van der Waals surface area contributed by atoms with E-state index in [1.54, 1.807) is 63.7 Å². The average molecular weight is 795 g/mol. The van der Waals surface area contributed by atoms with Crippen LogP contribution < -0.4 is 31.6 Å². The number of aryl methyl sites for hydroxylation is 4. The summed E-state index contributed by atoms with van der Waals surface area (Å²) < 4.78 is 23.7. The number of benzene rings is 2. The van der Waals surface area contributed by atoms with Gasteiger partial charge in [-0.3, -0.25) is 39.2 Å². The number of carbonyl (C=O) groups excluding carboxylic acids is 4. The molecule has 0 fully saturated rings. The first-order chi connectivity index (χ1) is 27.9. The van der Waals surface area contributed by atoms with Gasteiger partial charge >= 0.3 is 0 Å². The Hall–Kier alpha value is -7.02. The van der Waals surface area contributed by atoms with E-state index >= 15 is 0 Å². The van der Waals surface area contributed by atoms with Crippen molar-refractivity contribution in [1.29, 1.82) is 0 Å². The molecule has 2 aromatic carbocycles. The first-order valence-electron chi connectivity index (χ1n) is 18.6. The van der Waals surface area contributed by atoms with E-state index in [1.165, 1.54) is 19.2 Å². The maximum Gasteiger partial charge on any atom is 0.276 e. The molecule has 4 aromatic heterocycles. The van der Waals surface area contributed by atoms with Crippen molar-refractivity contribution in [3.63, 3.8) is 0 Å². The zero-order valence-electron chi connectivity index (χ0n) is 33.2. The van der Waals surface area contributed by atoms with Gasteiger partial charge in [-0.15, -0.1) is 0 Å². The number of aromatic nitrogens is 8. The number of nitrogens with two attached hydrogens (primary N) is 2. The summed E-state index contributed by atoms with van der Waals surface area (Å²) in [6, 6.07) is 9.50. The van der Waals surface area contributed by atoms with Gasteiger partial charge < -0.3 is 34.8 Å². The van der Waals surface area contributed by atoms with Gasteiger partial charge in [-0.2, -0.15) is 10.2 Å². The van der Waals surface area contributed by atoms with Gasteiger partial charge in [-0.05, 0) is 64.1 Å². The maximum absolute atomic E-state index is 13.7. The normalized spacial score (nSPS) is 11.5. The smallest absolute Gasteiger partial charge is 0.276 e. The van der Waals surface area contributed by atoms with E-state index in [2.05, 4.69) is 25.8 Å². The SMILES string of the molecule is CCn1nc(C)cc1C(=O)Nc1nc2cc(C(N)=O)cc(OC)c2n1C/C=C/Cn1c(NC(=O)c2cc(C)nn2CC)nc2cc(C(N)=O)cc(OCCCOC)c21. The zero-order chi connectivity index (χ0) is 41.7. The molecule has 6 N–H and O–H groups in total. The largest absolute Gasteiger partial charge is 0.494 e. The van der Waals surface area contributed by atoms with Gasteiger partial charge in [0, 0.05) is 57.4 Å². The lowest BCUT2D eigenvalue weighted by molar-refractivity contribution is 0.0991. The van der Waals surface area contributed by atoms with Crippen LogP contribution in [0.4, 0.5) is 11.9 Å². The van der Waals surface area contributed by atoms with Crippen molar-refractivity contribution in [1.82, 2.24) is 38.7 Å². The van der Waals surface area contributed by atoms with Crippen LogP contribution in [0.15, 0.2) is 48.6 Å². The highest BCUT2D eigenvalue weighted by Gasteiger charge is 2.23. The minimum absolute atomic E-state index is 0.161. The summed E-state index contributed by atoms with van der Waals surface area (Å²) in [5, 5.41) is 14.6. The van der Waals surface area contributed by atoms with Crippen molar-refractivity contribution >= 4 is 57.6 Å². The van der Waals surface area contributed by atoms with Gasteiger partial charge in [0.15, 0.2) is 0 Å². The van der Waals surface area contributed by atoms with Crippen molar-refractivity contribution < 1.29 is 33.4 Å². The number of amides is 4. The number of rotatable bonds is 18. The fraction of sp³-hybridized carbons (Fsp3) is 0.333. The molecule has 0 atom stereocenters. The van der Waals surface area contributed by atoms with Crippen molar-refractivity contribution in [2.24, 2.45) is 11.5 Å². The zero-order valence-corrected chi connectivity index (χ0v) is 33.2. The molecule has 0 radical (unpaired) electrons. The Morgan fingerprint density at radius 2 is 1.16 bits per heavy atom. The number of hydrogen-bond acceptors (Lipinski definition) is 11. The molecule has 0 aliphatic rings. The van der Waals surface area contributed by atoms with Crippen LogP contribution in [0.5, 0.6) is 11.5 Å². The minimum Gasteiger partial charge on any atom is -0.494 e. The minimum atomic E-state index is -0.672. The lowest BCUT2D eigenvalue weighted by Crippen LogP contribution is -2.20. The fourth-order valence-corrected chi connectivity index (χ4v) is 6.57. The summed E-state index contributed by atoms with van der Waals surface area (Å²) >= 11 is 0. The number of methoxy groups -OCH3 is 2. The van der Waals surface area contributed by atoms with Crippen molar-refractivity contribution in [2.45, 2.75) is 60.3 Å². The molecule has 304 valence electrons. The lowest BCUT2D eigenvalue weighted by Gasteiger charge is -2.13. The van der Waals surface area contributed by atoms with E-state index < -0.39 is 23.6 Å². The highest BCUT2D eigenvalue weighted by Crippen LogP contribution is 2.33. The Balaban J connectivity index is 1.41. The molecule has 58 heavy (non-hydrogen) atoms. The van der Waals surface area contributed by atoms with Gasteiger partial charge in [0.1, 0.15) is 33.9 Å². The summed E-state index contributed by atoms with van der Waals surface area (Å²) in [4.78, 5) is 61.3. The summed E-state index contributed by atoms with van der Waals surface area (Å²) in [5.74, 6) is -1.20. The van der Waals surface area contributed by atoms with Gasteiger partial charge in [0.25, 0.3) is 11.8 Å². The van der Waals surface area contributed by atoms with Crippen LogP contribution in [0.2, 0.25) is 0 Å². The molecule has 0 saturated carbocycles. The first kappa shape index (κ1) is 40.6. The highest BCUT2D eigenvalue weighted by atomic mass is 16.5. The third kappa shape index (κ3) is 8.38. The number of allylic oxidation sites excluding steroid dienone is 2. The molecule has 0 aliphatic heterocycles. The highest BCUT2D eigenvalue weighted by molar-refractivity contribution is 6.05. The Morgan fingerprint density at radius 1 is 0.690 bits per heavy atom. The molecule has 4 heterocycles. The molecule has 4 amide bonds. The number of hydrogen-bond donors (Lipinski definition) is 4. The number of primary amides is 2. The Kier molecular flexibility index (Phi) is 12.2. The van der Waals surface area contributed by atoms with Gasteiger partial charge in [-0.1, -0.05) is 12.2 Å². The Bertz CT molecular complexity index is 2560. The van der Waals surface area contributed by atoms with Gasteiger partial charge in [0.05, 0.1) is 36.1 Å². The van der Waals surface area contributed by atoms with Crippen molar-refractivity contribution in [3.8, 4) is 11.5 Å². The standard InChI is InChI=1S/C39H46N12O7/c1-7-50-28(16-22(3)46-50)36(54)44-38-42-26-18-24(34(40)52)20-30(57-6)32(26)48(38)12-9-10-13-49-33-27(19-25(35(41)53)21-31(33)58-15-11-14-56-5)43-39(49)45-37(55)29-17-23(4)47-51(29)8-2/h9-10,16-21H,7-8,11-15H2,1-6H3,(H2,40,52)(H2,41,53)(H,42,44,54)(H,43,45,55)/b10-9+. The molecule has 0 aliphatic carbocycles. The van der Waals surface area contributed by atoms with Crippen LogP contribution in [0.25, 0.3) is 22.1 Å². The quantitative estimate of drug-likeness (QED) is 0.0720. The van der Waals surface area contributed by atoms with Crippen LogP contribution in [-0.4, -0.2) is 89.7 Å². The second-order valence-electron chi connectivity index (χ2n) is 13.3. The molecule has 0 unspecified atom stereocenters. The molecule has 0 saturated heterocycles. The first-order valence-corrected chi connectivity index (χ1v) is 18.6. The van der Waals surface area contributed by atoms with Gasteiger partial charge in [-0.25, -0.2) is 9.97 Å². The number of imidazole rings is 2. The number of nitrogens with one attached hydrogen (secondary N) is 2. The van der Waals surface area contributed by atoms with E-state index in [9.17, 15) is 19.2 Å². The molecule has 6 aromatic rings. The molecular formula is C39H46N12O7. The number of nitrogens with zero attached hydrogens (tertiary/aromatic N) is 8. The van der Waals surface area contributed by atoms with Crippen LogP contribution >= 0.6 is 0 Å². The van der Waals surface area contributed by atoms with E-state index in [0.29, 0.717) is 82.5 Å². The molecule has 6 rings (SSSR count). The van der Waals surface area contributed by atoms with Crippen LogP contribution in [0, 0.1) is 13.8 Å². The van der Waals surface area contributed by atoms with Gasteiger partial charge in [0.2, 0.25) is 23.7 Å². The Morgan fingerprint density at radius 3 is 1.59 bits per heavy atom. The fourth-order valence-electron chi connectivity index (χ4n) is 6.57. The number of ether oxygens (including phenoxy) is 3. The predicted molar refractivity (Wildman–Crippen MR) is 215 cm³/mol. The van der Waals surface area contributed by atoms with Crippen molar-refractivity contribution in [2.75, 3.05) is 38.1 Å². The third-order valence-corrected chi connectivity index (χ3v) is 9.21. The molecule has 19 nitrogen and oxygen atoms in total. The average Bonchev–Trinajstić information content (AvgIpc) is 3.96. The number of carbonyl (C=O) groups is 4. The summed E-state index contributed by atoms with van der Waals surface area (Å²) in [7, 11) is 3.05. The lowest BCUT2D eigenvalue weighted by atomic mass is 10.1. The molecule has 0 bridgehead atoms. The molecular weight excluding hydrogens is 749 g/mol. The monoisotopic (exact) mass is 794 g/mol. The van der Waals surface area contributed by atoms with E-state index in [0.717, 1.165) is 0 Å². The second-order valence-corrected chi connectivity index (χ2v) is 13.3. The summed E-state index contributed by atoms with van der Waals surface area (Å²) in [6.07, 6.45) is 4.24. The van der Waals surface area contributed by atoms with Crippen molar-refractivity contribution in [3.05, 3.63) is 82.5 Å². The molecule has 19 heteroatoms. The van der Waals surface area contributed by atoms with Crippen LogP contribution in [0.1, 0.15) is 73.3 Å². The summed E-state index contributed by atoms with van der Waals surface area (Å²) in [6.45, 7) is 9.36. The maximum atomic E-state index is 13.7. The Labute approximate surface area is 332 Å². The number of anilines is 2. The number of fused-ring (bicyclic) bond motifs is 2. The predicted octanol–water partition coefficient (Wildman–Crippen LogP) is 3.82. The summed E-state index contributed by atoms with van der Waals surface area (Å²) in [5.41, 5.74) is 15.5. The molecule has 0 spiro atoms. The van der Waals surface area contributed by atoms with Crippen LogP contribution in [-0.2, 0) is 30.9 Å².